The third-order valence-electron chi connectivity index (χ3n) is 4.71. The van der Waals surface area contributed by atoms with Crippen LogP contribution in [0, 0.1) is 5.92 Å². The van der Waals surface area contributed by atoms with Crippen LogP contribution < -0.4 is 20.1 Å². The van der Waals surface area contributed by atoms with Crippen LogP contribution in [-0.2, 0) is 30.8 Å². The van der Waals surface area contributed by atoms with E-state index in [4.69, 9.17) is 9.47 Å². The number of aromatic nitrogens is 2. The van der Waals surface area contributed by atoms with Crippen molar-refractivity contribution in [1.82, 2.24) is 20.4 Å². The molecule has 3 heterocycles. The van der Waals surface area contributed by atoms with Gasteiger partial charge in [0.05, 0.1) is 37.5 Å². The van der Waals surface area contributed by atoms with Crippen LogP contribution >= 0.6 is 12.4 Å². The third-order valence-corrected chi connectivity index (χ3v) is 4.71. The SMILES string of the molecule is COc1cccc2c1OCC(C(=O)NCc1cc3n(n1)CCNC3)C2.Cl. The van der Waals surface area contributed by atoms with E-state index in [0.717, 1.165) is 42.3 Å². The maximum Gasteiger partial charge on any atom is 0.227 e. The minimum Gasteiger partial charge on any atom is -0.493 e. The molecule has 0 bridgehead atoms. The first-order valence-corrected chi connectivity index (χ1v) is 8.57. The maximum atomic E-state index is 12.5. The predicted molar refractivity (Wildman–Crippen MR) is 98.7 cm³/mol. The number of benzene rings is 1. The first-order chi connectivity index (χ1) is 12.2. The molecule has 0 fully saturated rings. The third kappa shape index (κ3) is 3.64. The van der Waals surface area contributed by atoms with Gasteiger partial charge in [-0.1, -0.05) is 12.1 Å². The number of rotatable bonds is 4. The Hall–Kier alpha value is -2.25. The van der Waals surface area contributed by atoms with Gasteiger partial charge in [0.2, 0.25) is 5.91 Å². The molecule has 0 aliphatic carbocycles. The van der Waals surface area contributed by atoms with Crippen LogP contribution in [0.25, 0.3) is 0 Å². The molecule has 2 N–H and O–H groups in total. The fourth-order valence-electron chi connectivity index (χ4n) is 3.38. The average Bonchev–Trinajstić information content (AvgIpc) is 3.08. The van der Waals surface area contributed by atoms with Crippen LogP contribution in [0.1, 0.15) is 17.0 Å². The van der Waals surface area contributed by atoms with E-state index >= 15 is 0 Å². The number of fused-ring (bicyclic) bond motifs is 2. The molecular formula is C18H23ClN4O3. The predicted octanol–water partition coefficient (Wildman–Crippen LogP) is 1.28. The monoisotopic (exact) mass is 378 g/mol. The lowest BCUT2D eigenvalue weighted by Crippen LogP contribution is -2.37. The summed E-state index contributed by atoms with van der Waals surface area (Å²) >= 11 is 0. The standard InChI is InChI=1S/C18H22N4O3.ClH/c1-24-16-4-2-3-12-7-13(11-25-17(12)16)18(23)20-9-14-8-15-10-19-5-6-22(15)21-14;/h2-4,8,13,19H,5-7,9-11H2,1H3,(H,20,23);1H. The van der Waals surface area contributed by atoms with Crippen molar-refractivity contribution in [3.05, 3.63) is 41.2 Å². The highest BCUT2D eigenvalue weighted by Crippen LogP contribution is 2.36. The molecular weight excluding hydrogens is 356 g/mol. The van der Waals surface area contributed by atoms with Crippen molar-refractivity contribution in [3.8, 4) is 11.5 Å². The Morgan fingerprint density at radius 3 is 3.19 bits per heavy atom. The molecule has 0 saturated carbocycles. The Bertz CT molecular complexity index is 769. The number of hydrogen-bond donors (Lipinski definition) is 2. The molecule has 26 heavy (non-hydrogen) atoms. The van der Waals surface area contributed by atoms with Gasteiger partial charge >= 0.3 is 0 Å². The quantitative estimate of drug-likeness (QED) is 0.838. The second kappa shape index (κ2) is 7.97. The van der Waals surface area contributed by atoms with E-state index in [2.05, 4.69) is 15.7 Å². The van der Waals surface area contributed by atoms with Crippen molar-refractivity contribution in [1.29, 1.82) is 0 Å². The molecule has 1 amide bonds. The summed E-state index contributed by atoms with van der Waals surface area (Å²) in [6.07, 6.45) is 0.655. The van der Waals surface area contributed by atoms with E-state index < -0.39 is 0 Å². The minimum atomic E-state index is -0.196. The van der Waals surface area contributed by atoms with E-state index in [-0.39, 0.29) is 24.2 Å². The molecule has 2 aliphatic rings. The molecule has 2 aromatic rings. The smallest absolute Gasteiger partial charge is 0.227 e. The molecule has 4 rings (SSSR count). The van der Waals surface area contributed by atoms with Gasteiger partial charge in [-0.2, -0.15) is 5.10 Å². The van der Waals surface area contributed by atoms with E-state index in [1.807, 2.05) is 28.9 Å². The Kier molecular flexibility index (Phi) is 5.68. The molecule has 2 aliphatic heterocycles. The molecule has 1 atom stereocenters. The Balaban J connectivity index is 0.00000196. The highest BCUT2D eigenvalue weighted by atomic mass is 35.5. The average molecular weight is 379 g/mol. The van der Waals surface area contributed by atoms with E-state index in [1.54, 1.807) is 7.11 Å². The van der Waals surface area contributed by atoms with Crippen LogP contribution in [0.2, 0.25) is 0 Å². The lowest BCUT2D eigenvalue weighted by Gasteiger charge is -2.25. The number of amides is 1. The van der Waals surface area contributed by atoms with Crippen molar-refractivity contribution in [2.24, 2.45) is 5.92 Å². The highest BCUT2D eigenvalue weighted by Gasteiger charge is 2.27. The zero-order valence-corrected chi connectivity index (χ0v) is 15.5. The topological polar surface area (TPSA) is 77.4 Å². The fraction of sp³-hybridized carbons (Fsp3) is 0.444. The van der Waals surface area contributed by atoms with Crippen molar-refractivity contribution in [2.45, 2.75) is 26.1 Å². The number of nitrogens with zero attached hydrogens (tertiary/aromatic N) is 2. The Morgan fingerprint density at radius 1 is 1.50 bits per heavy atom. The van der Waals surface area contributed by atoms with Crippen LogP contribution in [0.15, 0.2) is 24.3 Å². The van der Waals surface area contributed by atoms with Gasteiger partial charge in [0.1, 0.15) is 6.61 Å². The largest absolute Gasteiger partial charge is 0.493 e. The molecule has 140 valence electrons. The number of nitrogens with one attached hydrogen (secondary N) is 2. The van der Waals surface area contributed by atoms with Crippen molar-refractivity contribution < 1.29 is 14.3 Å². The molecule has 7 nitrogen and oxygen atoms in total. The van der Waals surface area contributed by atoms with E-state index in [1.165, 1.54) is 0 Å². The molecule has 1 aromatic heterocycles. The van der Waals surface area contributed by atoms with Gasteiger partial charge in [-0.25, -0.2) is 0 Å². The minimum absolute atomic E-state index is 0. The second-order valence-electron chi connectivity index (χ2n) is 6.41. The van der Waals surface area contributed by atoms with Crippen LogP contribution in [-0.4, -0.2) is 35.9 Å². The summed E-state index contributed by atoms with van der Waals surface area (Å²) in [7, 11) is 1.62. The lowest BCUT2D eigenvalue weighted by molar-refractivity contribution is -0.126. The van der Waals surface area contributed by atoms with Gasteiger partial charge in [0.25, 0.3) is 0 Å². The summed E-state index contributed by atoms with van der Waals surface area (Å²) in [5, 5.41) is 10.8. The number of carbonyl (C=O) groups is 1. The summed E-state index contributed by atoms with van der Waals surface area (Å²) < 4.78 is 13.1. The van der Waals surface area contributed by atoms with Gasteiger partial charge in [0, 0.05) is 13.1 Å². The van der Waals surface area contributed by atoms with E-state index in [0.29, 0.717) is 25.3 Å². The van der Waals surface area contributed by atoms with Gasteiger partial charge in [-0.3, -0.25) is 9.48 Å². The first kappa shape index (κ1) is 18.5. The van der Waals surface area contributed by atoms with Gasteiger partial charge in [-0.15, -0.1) is 12.4 Å². The number of methoxy groups -OCH3 is 1. The molecule has 1 aromatic carbocycles. The molecule has 1 unspecified atom stereocenters. The van der Waals surface area contributed by atoms with Gasteiger partial charge in [-0.05, 0) is 24.1 Å². The summed E-state index contributed by atoms with van der Waals surface area (Å²) in [4.78, 5) is 12.5. The Labute approximate surface area is 158 Å². The number of ether oxygens (including phenoxy) is 2. The van der Waals surface area contributed by atoms with Crippen LogP contribution in [0.4, 0.5) is 0 Å². The van der Waals surface area contributed by atoms with E-state index in [9.17, 15) is 4.79 Å². The highest BCUT2D eigenvalue weighted by molar-refractivity contribution is 5.85. The van der Waals surface area contributed by atoms with Crippen molar-refractivity contribution in [3.63, 3.8) is 0 Å². The molecule has 0 spiro atoms. The van der Waals surface area contributed by atoms with Crippen molar-refractivity contribution >= 4 is 18.3 Å². The first-order valence-electron chi connectivity index (χ1n) is 8.57. The maximum absolute atomic E-state index is 12.5. The normalized spacial score (nSPS) is 18.0. The second-order valence-corrected chi connectivity index (χ2v) is 6.41. The van der Waals surface area contributed by atoms with Crippen LogP contribution in [0.3, 0.4) is 0 Å². The number of halogens is 1. The lowest BCUT2D eigenvalue weighted by atomic mass is 9.95. The molecule has 8 heteroatoms. The van der Waals surface area contributed by atoms with Crippen molar-refractivity contribution in [2.75, 3.05) is 20.3 Å². The zero-order valence-electron chi connectivity index (χ0n) is 14.7. The number of hydrogen-bond acceptors (Lipinski definition) is 5. The molecule has 0 saturated heterocycles. The Morgan fingerprint density at radius 2 is 2.38 bits per heavy atom. The van der Waals surface area contributed by atoms with Gasteiger partial charge in [0.15, 0.2) is 11.5 Å². The zero-order chi connectivity index (χ0) is 17.2. The van der Waals surface area contributed by atoms with Gasteiger partial charge < -0.3 is 20.1 Å². The summed E-state index contributed by atoms with van der Waals surface area (Å²) in [6, 6.07) is 7.82. The summed E-state index contributed by atoms with van der Waals surface area (Å²) in [5.74, 6) is 1.27. The molecule has 0 radical (unpaired) electrons. The number of carbonyl (C=O) groups excluding carboxylic acids is 1. The fourth-order valence-corrected chi connectivity index (χ4v) is 3.38. The summed E-state index contributed by atoms with van der Waals surface area (Å²) in [6.45, 7) is 3.44. The summed E-state index contributed by atoms with van der Waals surface area (Å²) in [5.41, 5.74) is 3.07. The number of para-hydroxylation sites is 1. The van der Waals surface area contributed by atoms with Crippen LogP contribution in [0.5, 0.6) is 11.5 Å².